The van der Waals surface area contributed by atoms with Gasteiger partial charge in [-0.3, -0.25) is 4.79 Å². The van der Waals surface area contributed by atoms with Crippen LogP contribution >= 0.6 is 0 Å². The zero-order valence-electron chi connectivity index (χ0n) is 11.3. The maximum atomic E-state index is 12.0. The second-order valence-corrected chi connectivity index (χ2v) is 6.17. The highest BCUT2D eigenvalue weighted by molar-refractivity contribution is 5.81. The van der Waals surface area contributed by atoms with E-state index in [-0.39, 0.29) is 0 Å². The molecule has 0 aromatic carbocycles. The molecule has 1 aliphatic carbocycles. The molecule has 1 saturated carbocycles. The fraction of sp³-hybridized carbons (Fsp3) is 0.933. The molecular formula is C15H26O2. The van der Waals surface area contributed by atoms with Gasteiger partial charge in [0.25, 0.3) is 0 Å². The molecule has 98 valence electrons. The summed E-state index contributed by atoms with van der Waals surface area (Å²) in [6, 6.07) is 0. The van der Waals surface area contributed by atoms with Crippen LogP contribution in [0.5, 0.6) is 0 Å². The Kier molecular flexibility index (Phi) is 4.61. The van der Waals surface area contributed by atoms with Crippen molar-refractivity contribution in [3.63, 3.8) is 0 Å². The largest absolute Gasteiger partial charge is 0.378 e. The summed E-state index contributed by atoms with van der Waals surface area (Å²) in [5.41, 5.74) is 0. The van der Waals surface area contributed by atoms with E-state index >= 15 is 0 Å². The standard InChI is InChI=1S/C15H26O2/c1-11(2)12-6-7-15(16)13(9-12)10-14-5-3-4-8-17-14/h11-14H,3-10H2,1-2H3. The number of hydrogen-bond donors (Lipinski definition) is 0. The smallest absolute Gasteiger partial charge is 0.136 e. The van der Waals surface area contributed by atoms with Crippen LogP contribution in [0.25, 0.3) is 0 Å². The van der Waals surface area contributed by atoms with E-state index in [0.717, 1.165) is 50.5 Å². The van der Waals surface area contributed by atoms with E-state index in [1.807, 2.05) is 0 Å². The summed E-state index contributed by atoms with van der Waals surface area (Å²) >= 11 is 0. The molecule has 0 spiro atoms. The van der Waals surface area contributed by atoms with Gasteiger partial charge in [0.2, 0.25) is 0 Å². The Morgan fingerprint density at radius 2 is 2.12 bits per heavy atom. The van der Waals surface area contributed by atoms with Crippen molar-refractivity contribution < 1.29 is 9.53 Å². The quantitative estimate of drug-likeness (QED) is 0.751. The minimum Gasteiger partial charge on any atom is -0.378 e. The van der Waals surface area contributed by atoms with E-state index < -0.39 is 0 Å². The lowest BCUT2D eigenvalue weighted by Gasteiger charge is -2.33. The Balaban J connectivity index is 1.86. The second-order valence-electron chi connectivity index (χ2n) is 6.17. The highest BCUT2D eigenvalue weighted by Crippen LogP contribution is 2.35. The summed E-state index contributed by atoms with van der Waals surface area (Å²) in [7, 11) is 0. The van der Waals surface area contributed by atoms with Gasteiger partial charge >= 0.3 is 0 Å². The monoisotopic (exact) mass is 238 g/mol. The first-order chi connectivity index (χ1) is 8.16. The van der Waals surface area contributed by atoms with E-state index in [4.69, 9.17) is 4.74 Å². The van der Waals surface area contributed by atoms with Crippen molar-refractivity contribution in [1.82, 2.24) is 0 Å². The molecule has 2 rings (SSSR count). The van der Waals surface area contributed by atoms with E-state index in [1.165, 1.54) is 12.8 Å². The molecule has 3 unspecified atom stereocenters. The van der Waals surface area contributed by atoms with Crippen LogP contribution < -0.4 is 0 Å². The zero-order valence-corrected chi connectivity index (χ0v) is 11.3. The normalized spacial score (nSPS) is 35.2. The molecule has 17 heavy (non-hydrogen) atoms. The Bertz CT molecular complexity index is 254. The highest BCUT2D eigenvalue weighted by Gasteiger charge is 2.32. The predicted octanol–water partition coefficient (Wildman–Crippen LogP) is 3.59. The average Bonchev–Trinajstić information content (AvgIpc) is 2.33. The van der Waals surface area contributed by atoms with E-state index in [2.05, 4.69) is 13.8 Å². The lowest BCUT2D eigenvalue weighted by Crippen LogP contribution is -2.32. The third-order valence-electron chi connectivity index (χ3n) is 4.57. The van der Waals surface area contributed by atoms with Gasteiger partial charge in [-0.25, -0.2) is 0 Å². The minimum absolute atomic E-state index is 0.291. The number of hydrogen-bond acceptors (Lipinski definition) is 2. The third kappa shape index (κ3) is 3.54. The van der Waals surface area contributed by atoms with Crippen LogP contribution in [0, 0.1) is 17.8 Å². The van der Waals surface area contributed by atoms with Crippen LogP contribution in [-0.4, -0.2) is 18.5 Å². The molecule has 0 bridgehead atoms. The first-order valence-corrected chi connectivity index (χ1v) is 7.31. The van der Waals surface area contributed by atoms with Crippen molar-refractivity contribution in [1.29, 1.82) is 0 Å². The molecule has 2 nitrogen and oxygen atoms in total. The molecule has 2 fully saturated rings. The molecular weight excluding hydrogens is 212 g/mol. The van der Waals surface area contributed by atoms with Crippen LogP contribution in [-0.2, 0) is 9.53 Å². The lowest BCUT2D eigenvalue weighted by atomic mass is 9.73. The summed E-state index contributed by atoms with van der Waals surface area (Å²) < 4.78 is 5.77. The zero-order chi connectivity index (χ0) is 12.3. The Labute approximate surface area is 105 Å². The molecule has 1 aliphatic heterocycles. The second kappa shape index (κ2) is 5.99. The predicted molar refractivity (Wildman–Crippen MR) is 68.9 cm³/mol. The van der Waals surface area contributed by atoms with Gasteiger partial charge in [0, 0.05) is 18.9 Å². The summed E-state index contributed by atoms with van der Waals surface area (Å²) in [5, 5.41) is 0. The van der Waals surface area contributed by atoms with Gasteiger partial charge < -0.3 is 4.74 Å². The molecule has 0 amide bonds. The Hall–Kier alpha value is -0.370. The van der Waals surface area contributed by atoms with E-state index in [0.29, 0.717) is 17.8 Å². The third-order valence-corrected chi connectivity index (χ3v) is 4.57. The number of carbonyl (C=O) groups excluding carboxylic acids is 1. The molecule has 2 heteroatoms. The lowest BCUT2D eigenvalue weighted by molar-refractivity contribution is -0.128. The van der Waals surface area contributed by atoms with Gasteiger partial charge in [-0.15, -0.1) is 0 Å². The van der Waals surface area contributed by atoms with Crippen LogP contribution in [0.3, 0.4) is 0 Å². The molecule has 3 atom stereocenters. The van der Waals surface area contributed by atoms with Gasteiger partial charge in [0.1, 0.15) is 5.78 Å². The summed E-state index contributed by atoms with van der Waals surface area (Å²) in [6.45, 7) is 5.47. The van der Waals surface area contributed by atoms with Crippen molar-refractivity contribution in [2.45, 2.75) is 64.9 Å². The fourth-order valence-electron chi connectivity index (χ4n) is 3.29. The average molecular weight is 238 g/mol. The number of ether oxygens (including phenoxy) is 1. The van der Waals surface area contributed by atoms with Gasteiger partial charge in [0.05, 0.1) is 6.10 Å². The molecule has 2 aliphatic rings. The Morgan fingerprint density at radius 3 is 2.76 bits per heavy atom. The van der Waals surface area contributed by atoms with Crippen molar-refractivity contribution in [2.75, 3.05) is 6.61 Å². The molecule has 1 saturated heterocycles. The number of rotatable bonds is 3. The maximum absolute atomic E-state index is 12.0. The van der Waals surface area contributed by atoms with E-state index in [1.54, 1.807) is 0 Å². The van der Waals surface area contributed by atoms with Gasteiger partial charge in [-0.2, -0.15) is 0 Å². The van der Waals surface area contributed by atoms with Crippen LogP contribution in [0.15, 0.2) is 0 Å². The highest BCUT2D eigenvalue weighted by atomic mass is 16.5. The van der Waals surface area contributed by atoms with Crippen LogP contribution in [0.4, 0.5) is 0 Å². The molecule has 0 N–H and O–H groups in total. The first-order valence-electron chi connectivity index (χ1n) is 7.31. The van der Waals surface area contributed by atoms with Gasteiger partial charge in [0.15, 0.2) is 0 Å². The number of ketones is 1. The topological polar surface area (TPSA) is 26.3 Å². The Morgan fingerprint density at radius 1 is 1.29 bits per heavy atom. The fourth-order valence-corrected chi connectivity index (χ4v) is 3.29. The minimum atomic E-state index is 0.291. The van der Waals surface area contributed by atoms with Crippen LogP contribution in [0.1, 0.15) is 58.8 Å². The SMILES string of the molecule is CC(C)C1CCC(=O)C(CC2CCCCO2)C1. The summed E-state index contributed by atoms with van der Waals surface area (Å²) in [5.74, 6) is 2.26. The van der Waals surface area contributed by atoms with E-state index in [9.17, 15) is 4.79 Å². The summed E-state index contributed by atoms with van der Waals surface area (Å²) in [6.07, 6.45) is 8.01. The number of Topliss-reactive ketones (excluding diaryl/α,β-unsaturated/α-hetero) is 1. The maximum Gasteiger partial charge on any atom is 0.136 e. The van der Waals surface area contributed by atoms with Crippen molar-refractivity contribution in [3.8, 4) is 0 Å². The number of carbonyl (C=O) groups is 1. The van der Waals surface area contributed by atoms with Crippen molar-refractivity contribution >= 4 is 5.78 Å². The molecule has 0 aromatic heterocycles. The first kappa shape index (κ1) is 13.1. The van der Waals surface area contributed by atoms with Crippen LogP contribution in [0.2, 0.25) is 0 Å². The van der Waals surface area contributed by atoms with Gasteiger partial charge in [-0.1, -0.05) is 13.8 Å². The molecule has 1 heterocycles. The van der Waals surface area contributed by atoms with Gasteiger partial charge in [-0.05, 0) is 50.4 Å². The van der Waals surface area contributed by atoms with Crippen molar-refractivity contribution in [2.24, 2.45) is 17.8 Å². The summed E-state index contributed by atoms with van der Waals surface area (Å²) in [4.78, 5) is 12.0. The molecule has 0 radical (unpaired) electrons. The van der Waals surface area contributed by atoms with Crippen molar-refractivity contribution in [3.05, 3.63) is 0 Å². The molecule has 0 aromatic rings.